The van der Waals surface area contributed by atoms with Gasteiger partial charge in [-0.15, -0.1) is 0 Å². The molecule has 2 heteroatoms. The molecule has 1 rings (SSSR count). The van der Waals surface area contributed by atoms with Crippen molar-refractivity contribution in [3.63, 3.8) is 0 Å². The third kappa shape index (κ3) is 1.63. The lowest BCUT2D eigenvalue weighted by molar-refractivity contribution is 0.498. The van der Waals surface area contributed by atoms with E-state index in [0.717, 1.165) is 12.0 Å². The summed E-state index contributed by atoms with van der Waals surface area (Å²) in [5.74, 6) is -1.43. The molecule has 0 aliphatic carbocycles. The molecule has 0 bridgehead atoms. The van der Waals surface area contributed by atoms with Crippen molar-refractivity contribution < 1.29 is 8.78 Å². The Morgan fingerprint density at radius 2 is 1.75 bits per heavy atom. The first-order valence-corrected chi connectivity index (χ1v) is 4.15. The van der Waals surface area contributed by atoms with Crippen LogP contribution in [0.4, 0.5) is 8.78 Å². The van der Waals surface area contributed by atoms with E-state index in [9.17, 15) is 8.78 Å². The largest absolute Gasteiger partial charge is 0.204 e. The van der Waals surface area contributed by atoms with Crippen LogP contribution in [-0.2, 0) is 12.8 Å². The molecule has 0 heterocycles. The summed E-state index contributed by atoms with van der Waals surface area (Å²) in [7, 11) is 0. The Morgan fingerprint density at radius 1 is 1.08 bits per heavy atom. The average molecular weight is 170 g/mol. The summed E-state index contributed by atoms with van der Waals surface area (Å²) in [6.07, 6.45) is 1.28. The maximum Gasteiger partial charge on any atom is 0.162 e. The number of aryl methyl sites for hydroxylation is 2. The number of hydrogen-bond acceptors (Lipinski definition) is 0. The van der Waals surface area contributed by atoms with Crippen molar-refractivity contribution in [3.8, 4) is 0 Å². The molecule has 0 amide bonds. The fourth-order valence-corrected chi connectivity index (χ4v) is 1.17. The molecule has 0 aromatic heterocycles. The normalized spacial score (nSPS) is 10.3. The highest BCUT2D eigenvalue weighted by Gasteiger charge is 2.07. The third-order valence-corrected chi connectivity index (χ3v) is 1.95. The highest BCUT2D eigenvalue weighted by molar-refractivity contribution is 5.26. The predicted molar refractivity (Wildman–Crippen MR) is 45.1 cm³/mol. The molecule has 66 valence electrons. The van der Waals surface area contributed by atoms with Crippen LogP contribution in [0.5, 0.6) is 0 Å². The second kappa shape index (κ2) is 3.65. The van der Waals surface area contributed by atoms with Gasteiger partial charge >= 0.3 is 0 Å². The molecule has 0 nitrogen and oxygen atoms in total. The second-order valence-corrected chi connectivity index (χ2v) is 2.76. The first kappa shape index (κ1) is 9.17. The van der Waals surface area contributed by atoms with E-state index in [2.05, 4.69) is 0 Å². The molecule has 0 atom stereocenters. The van der Waals surface area contributed by atoms with E-state index in [1.54, 1.807) is 6.07 Å². The Morgan fingerprint density at radius 3 is 2.25 bits per heavy atom. The van der Waals surface area contributed by atoms with Gasteiger partial charge in [0.25, 0.3) is 0 Å². The summed E-state index contributed by atoms with van der Waals surface area (Å²) in [6, 6.07) is 2.98. The lowest BCUT2D eigenvalue weighted by Gasteiger charge is -2.03. The van der Waals surface area contributed by atoms with E-state index < -0.39 is 11.6 Å². The molecule has 0 unspecified atom stereocenters. The number of benzene rings is 1. The third-order valence-electron chi connectivity index (χ3n) is 1.95. The molecule has 1 aromatic rings. The summed E-state index contributed by atoms with van der Waals surface area (Å²) in [4.78, 5) is 0. The Labute approximate surface area is 71.2 Å². The van der Waals surface area contributed by atoms with Crippen LogP contribution in [0, 0.1) is 11.6 Å². The Balaban J connectivity index is 3.19. The highest BCUT2D eigenvalue weighted by Crippen LogP contribution is 2.15. The van der Waals surface area contributed by atoms with Gasteiger partial charge in [0, 0.05) is 0 Å². The Kier molecular flexibility index (Phi) is 2.79. The molecule has 0 N–H and O–H groups in total. The van der Waals surface area contributed by atoms with Crippen molar-refractivity contribution in [3.05, 3.63) is 34.9 Å². The van der Waals surface area contributed by atoms with E-state index in [4.69, 9.17) is 0 Å². The number of halogens is 2. The summed E-state index contributed by atoms with van der Waals surface area (Å²) in [5, 5.41) is 0. The fraction of sp³-hybridized carbons (Fsp3) is 0.400. The van der Waals surface area contributed by atoms with Crippen LogP contribution in [0.2, 0.25) is 0 Å². The van der Waals surface area contributed by atoms with Gasteiger partial charge in [0.15, 0.2) is 11.6 Å². The molecule has 0 aliphatic rings. The minimum absolute atomic E-state index is 0.465. The van der Waals surface area contributed by atoms with E-state index in [-0.39, 0.29) is 0 Å². The summed E-state index contributed by atoms with van der Waals surface area (Å²) in [5.41, 5.74) is 1.32. The monoisotopic (exact) mass is 170 g/mol. The van der Waals surface area contributed by atoms with Crippen LogP contribution in [0.3, 0.4) is 0 Å². The minimum Gasteiger partial charge on any atom is -0.204 e. The summed E-state index contributed by atoms with van der Waals surface area (Å²) < 4.78 is 25.8. The van der Waals surface area contributed by atoms with Gasteiger partial charge in [-0.3, -0.25) is 0 Å². The Bertz CT molecular complexity index is 279. The van der Waals surface area contributed by atoms with E-state index >= 15 is 0 Å². The molecule has 0 fully saturated rings. The first-order valence-electron chi connectivity index (χ1n) is 4.15. The van der Waals surface area contributed by atoms with Crippen molar-refractivity contribution in [2.24, 2.45) is 0 Å². The summed E-state index contributed by atoms with van der Waals surface area (Å²) in [6.45, 7) is 3.74. The Hall–Kier alpha value is -0.920. The van der Waals surface area contributed by atoms with Crippen molar-refractivity contribution in [1.29, 1.82) is 0 Å². The lowest BCUT2D eigenvalue weighted by atomic mass is 10.1. The van der Waals surface area contributed by atoms with Crippen LogP contribution in [0.25, 0.3) is 0 Å². The van der Waals surface area contributed by atoms with Crippen molar-refractivity contribution in [2.45, 2.75) is 26.7 Å². The van der Waals surface area contributed by atoms with Gasteiger partial charge in [0.2, 0.25) is 0 Å². The maximum atomic E-state index is 12.9. The van der Waals surface area contributed by atoms with E-state index in [1.807, 2.05) is 13.8 Å². The topological polar surface area (TPSA) is 0 Å². The van der Waals surface area contributed by atoms with Crippen LogP contribution >= 0.6 is 0 Å². The molecule has 12 heavy (non-hydrogen) atoms. The van der Waals surface area contributed by atoms with Crippen LogP contribution < -0.4 is 0 Å². The maximum absolute atomic E-state index is 12.9. The molecule has 0 saturated heterocycles. The van der Waals surface area contributed by atoms with Crippen LogP contribution in [-0.4, -0.2) is 0 Å². The average Bonchev–Trinajstić information content (AvgIpc) is 2.09. The zero-order valence-corrected chi connectivity index (χ0v) is 7.32. The zero-order valence-electron chi connectivity index (χ0n) is 7.32. The second-order valence-electron chi connectivity index (χ2n) is 2.76. The van der Waals surface area contributed by atoms with Gasteiger partial charge in [-0.2, -0.15) is 0 Å². The smallest absolute Gasteiger partial charge is 0.162 e. The first-order chi connectivity index (χ1) is 5.69. The molecular weight excluding hydrogens is 158 g/mol. The minimum atomic E-state index is -0.730. The van der Waals surface area contributed by atoms with Gasteiger partial charge in [0.05, 0.1) is 0 Å². The molecular formula is C10H12F2. The fourth-order valence-electron chi connectivity index (χ4n) is 1.17. The van der Waals surface area contributed by atoms with Crippen molar-refractivity contribution in [2.75, 3.05) is 0 Å². The van der Waals surface area contributed by atoms with Crippen LogP contribution in [0.1, 0.15) is 25.0 Å². The SMILES string of the molecule is CCc1cc(F)c(F)c(CC)c1. The van der Waals surface area contributed by atoms with Gasteiger partial charge in [-0.25, -0.2) is 8.78 Å². The van der Waals surface area contributed by atoms with Crippen molar-refractivity contribution >= 4 is 0 Å². The predicted octanol–water partition coefficient (Wildman–Crippen LogP) is 3.09. The van der Waals surface area contributed by atoms with Crippen molar-refractivity contribution in [1.82, 2.24) is 0 Å². The summed E-state index contributed by atoms with van der Waals surface area (Å²) >= 11 is 0. The molecule has 1 aromatic carbocycles. The lowest BCUT2D eigenvalue weighted by Crippen LogP contribution is -1.95. The van der Waals surface area contributed by atoms with Crippen LogP contribution in [0.15, 0.2) is 12.1 Å². The quantitative estimate of drug-likeness (QED) is 0.639. The zero-order chi connectivity index (χ0) is 9.14. The van der Waals surface area contributed by atoms with Gasteiger partial charge < -0.3 is 0 Å². The molecule has 0 radical (unpaired) electrons. The molecule has 0 aliphatic heterocycles. The highest BCUT2D eigenvalue weighted by atomic mass is 19.2. The number of hydrogen-bond donors (Lipinski definition) is 0. The van der Waals surface area contributed by atoms with Gasteiger partial charge in [-0.1, -0.05) is 19.9 Å². The standard InChI is InChI=1S/C10H12F2/c1-3-7-5-8(4-2)10(12)9(11)6-7/h5-6H,3-4H2,1-2H3. The molecule has 0 saturated carbocycles. The van der Waals surface area contributed by atoms with E-state index in [0.29, 0.717) is 12.0 Å². The molecule has 0 spiro atoms. The number of rotatable bonds is 2. The van der Waals surface area contributed by atoms with Gasteiger partial charge in [-0.05, 0) is 30.0 Å². The van der Waals surface area contributed by atoms with Gasteiger partial charge in [0.1, 0.15) is 0 Å². The van der Waals surface area contributed by atoms with E-state index in [1.165, 1.54) is 6.07 Å².